The van der Waals surface area contributed by atoms with Crippen LogP contribution in [0.4, 0.5) is 0 Å². The molecule has 2 aromatic heterocycles. The van der Waals surface area contributed by atoms with Crippen LogP contribution in [-0.2, 0) is 11.2 Å². The number of aryl methyl sites for hydroxylation is 1. The van der Waals surface area contributed by atoms with Gasteiger partial charge in [-0.05, 0) is 18.6 Å². The molecule has 0 spiro atoms. The summed E-state index contributed by atoms with van der Waals surface area (Å²) in [5, 5.41) is 3.03. The predicted molar refractivity (Wildman–Crippen MR) is 86.2 cm³/mol. The van der Waals surface area contributed by atoms with Crippen molar-refractivity contribution in [3.05, 3.63) is 34.9 Å². The average molecular weight is 303 g/mol. The smallest absolute Gasteiger partial charge is 0.222 e. The molecule has 0 aliphatic carbocycles. The fourth-order valence-corrected chi connectivity index (χ4v) is 2.80. The van der Waals surface area contributed by atoms with Gasteiger partial charge in [-0.25, -0.2) is 4.98 Å². The second kappa shape index (κ2) is 7.88. The molecule has 2 rings (SSSR count). The molecule has 4 nitrogen and oxygen atoms in total. The number of nitrogens with zero attached hydrogens (tertiary/aromatic N) is 3. The molecular formula is C16H21N3OS. The van der Waals surface area contributed by atoms with Gasteiger partial charge < -0.3 is 4.90 Å². The molecule has 0 atom stereocenters. The van der Waals surface area contributed by atoms with E-state index in [4.69, 9.17) is 0 Å². The third-order valence-corrected chi connectivity index (χ3v) is 4.24. The van der Waals surface area contributed by atoms with Crippen molar-refractivity contribution in [3.8, 4) is 11.3 Å². The van der Waals surface area contributed by atoms with Crippen LogP contribution in [0.1, 0.15) is 31.2 Å². The topological polar surface area (TPSA) is 46.1 Å². The van der Waals surface area contributed by atoms with Crippen molar-refractivity contribution in [2.24, 2.45) is 0 Å². The third kappa shape index (κ3) is 4.63. The first kappa shape index (κ1) is 15.6. The summed E-state index contributed by atoms with van der Waals surface area (Å²) in [7, 11) is 1.88. The van der Waals surface area contributed by atoms with Gasteiger partial charge in [0.05, 0.1) is 10.7 Å². The monoisotopic (exact) mass is 303 g/mol. The van der Waals surface area contributed by atoms with Crippen LogP contribution in [-0.4, -0.2) is 34.4 Å². The van der Waals surface area contributed by atoms with E-state index in [9.17, 15) is 4.79 Å². The van der Waals surface area contributed by atoms with E-state index in [-0.39, 0.29) is 5.91 Å². The van der Waals surface area contributed by atoms with Crippen LogP contribution in [0.2, 0.25) is 0 Å². The maximum absolute atomic E-state index is 12.0. The second-order valence-corrected chi connectivity index (χ2v) is 5.98. The molecular weight excluding hydrogens is 282 g/mol. The van der Waals surface area contributed by atoms with Gasteiger partial charge in [0.25, 0.3) is 0 Å². The van der Waals surface area contributed by atoms with Gasteiger partial charge in [0.2, 0.25) is 5.91 Å². The van der Waals surface area contributed by atoms with Gasteiger partial charge in [0.1, 0.15) is 0 Å². The largest absolute Gasteiger partial charge is 0.346 e. The molecule has 0 radical (unpaired) electrons. The first-order valence-corrected chi connectivity index (χ1v) is 8.17. The zero-order chi connectivity index (χ0) is 15.1. The fraction of sp³-hybridized carbons (Fsp3) is 0.438. The van der Waals surface area contributed by atoms with Crippen molar-refractivity contribution in [2.75, 3.05) is 13.6 Å². The molecule has 5 heteroatoms. The van der Waals surface area contributed by atoms with E-state index in [0.29, 0.717) is 12.8 Å². The SMILES string of the molecule is CCCCN(C)C(=O)CCc1nc(-c2cccnc2)cs1. The Hall–Kier alpha value is -1.75. The van der Waals surface area contributed by atoms with Crippen molar-refractivity contribution >= 4 is 17.2 Å². The van der Waals surface area contributed by atoms with Crippen LogP contribution in [0.25, 0.3) is 11.3 Å². The van der Waals surface area contributed by atoms with Gasteiger partial charge in [-0.3, -0.25) is 9.78 Å². The minimum Gasteiger partial charge on any atom is -0.346 e. The molecule has 0 saturated carbocycles. The van der Waals surface area contributed by atoms with Crippen LogP contribution >= 0.6 is 11.3 Å². The molecule has 0 unspecified atom stereocenters. The lowest BCUT2D eigenvalue weighted by atomic mass is 10.2. The number of carbonyl (C=O) groups excluding carboxylic acids is 1. The van der Waals surface area contributed by atoms with Crippen LogP contribution in [0, 0.1) is 0 Å². The van der Waals surface area contributed by atoms with E-state index >= 15 is 0 Å². The fourth-order valence-electron chi connectivity index (χ4n) is 2.00. The van der Waals surface area contributed by atoms with Gasteiger partial charge >= 0.3 is 0 Å². The second-order valence-electron chi connectivity index (χ2n) is 5.04. The predicted octanol–water partition coefficient (Wildman–Crippen LogP) is 3.40. The number of hydrogen-bond acceptors (Lipinski definition) is 4. The molecule has 0 aliphatic heterocycles. The summed E-state index contributed by atoms with van der Waals surface area (Å²) in [6.07, 6.45) is 6.97. The molecule has 0 aliphatic rings. The molecule has 0 N–H and O–H groups in total. The molecule has 0 fully saturated rings. The summed E-state index contributed by atoms with van der Waals surface area (Å²) in [5.74, 6) is 0.196. The minimum atomic E-state index is 0.196. The highest BCUT2D eigenvalue weighted by atomic mass is 32.1. The van der Waals surface area contributed by atoms with Crippen LogP contribution in [0.3, 0.4) is 0 Å². The zero-order valence-corrected chi connectivity index (χ0v) is 13.4. The van der Waals surface area contributed by atoms with Crippen molar-refractivity contribution in [2.45, 2.75) is 32.6 Å². The lowest BCUT2D eigenvalue weighted by molar-refractivity contribution is -0.129. The summed E-state index contributed by atoms with van der Waals surface area (Å²) in [4.78, 5) is 22.5. The number of unbranched alkanes of at least 4 members (excludes halogenated alkanes) is 1. The van der Waals surface area contributed by atoms with Gasteiger partial charge in [0, 0.05) is 49.8 Å². The Bertz CT molecular complexity index is 568. The number of amides is 1. The van der Waals surface area contributed by atoms with E-state index in [2.05, 4.69) is 16.9 Å². The summed E-state index contributed by atoms with van der Waals surface area (Å²) >= 11 is 1.61. The standard InChI is InChI=1S/C16H21N3OS/c1-3-4-10-19(2)16(20)8-7-15-18-14(12-21-15)13-6-5-9-17-11-13/h5-6,9,11-12H,3-4,7-8,10H2,1-2H3. The summed E-state index contributed by atoms with van der Waals surface area (Å²) in [6.45, 7) is 2.97. The number of hydrogen-bond donors (Lipinski definition) is 0. The number of carbonyl (C=O) groups is 1. The van der Waals surface area contributed by atoms with Gasteiger partial charge in [-0.15, -0.1) is 11.3 Å². The molecule has 2 heterocycles. The maximum Gasteiger partial charge on any atom is 0.222 e. The Morgan fingerprint density at radius 1 is 1.43 bits per heavy atom. The highest BCUT2D eigenvalue weighted by molar-refractivity contribution is 7.09. The normalized spacial score (nSPS) is 10.6. The van der Waals surface area contributed by atoms with Crippen molar-refractivity contribution in [1.29, 1.82) is 0 Å². The molecule has 21 heavy (non-hydrogen) atoms. The van der Waals surface area contributed by atoms with Gasteiger partial charge in [-0.2, -0.15) is 0 Å². The lowest BCUT2D eigenvalue weighted by Gasteiger charge is -2.16. The number of aromatic nitrogens is 2. The van der Waals surface area contributed by atoms with E-state index in [1.165, 1.54) is 0 Å². The minimum absolute atomic E-state index is 0.196. The lowest BCUT2D eigenvalue weighted by Crippen LogP contribution is -2.27. The Kier molecular flexibility index (Phi) is 5.87. The van der Waals surface area contributed by atoms with Crippen LogP contribution in [0.5, 0.6) is 0 Å². The van der Waals surface area contributed by atoms with Crippen LogP contribution < -0.4 is 0 Å². The molecule has 112 valence electrons. The zero-order valence-electron chi connectivity index (χ0n) is 12.6. The van der Waals surface area contributed by atoms with E-state index in [1.807, 2.05) is 35.7 Å². The third-order valence-electron chi connectivity index (χ3n) is 3.33. The quantitative estimate of drug-likeness (QED) is 0.787. The summed E-state index contributed by atoms with van der Waals surface area (Å²) < 4.78 is 0. The maximum atomic E-state index is 12.0. The van der Waals surface area contributed by atoms with Gasteiger partial charge in [-0.1, -0.05) is 13.3 Å². The number of rotatable bonds is 7. The summed E-state index contributed by atoms with van der Waals surface area (Å²) in [5.41, 5.74) is 1.96. The average Bonchev–Trinajstić information content (AvgIpc) is 3.00. The molecule has 2 aromatic rings. The molecule has 0 bridgehead atoms. The Morgan fingerprint density at radius 3 is 3.00 bits per heavy atom. The van der Waals surface area contributed by atoms with E-state index in [1.54, 1.807) is 17.5 Å². The van der Waals surface area contributed by atoms with Crippen molar-refractivity contribution < 1.29 is 4.79 Å². The highest BCUT2D eigenvalue weighted by Crippen LogP contribution is 2.21. The molecule has 0 saturated heterocycles. The summed E-state index contributed by atoms with van der Waals surface area (Å²) in [6, 6.07) is 3.90. The van der Waals surface area contributed by atoms with E-state index < -0.39 is 0 Å². The Balaban J connectivity index is 1.87. The molecule has 0 aromatic carbocycles. The number of pyridine rings is 1. The first-order valence-electron chi connectivity index (χ1n) is 7.29. The van der Waals surface area contributed by atoms with Gasteiger partial charge in [0.15, 0.2) is 0 Å². The van der Waals surface area contributed by atoms with E-state index in [0.717, 1.165) is 35.7 Å². The highest BCUT2D eigenvalue weighted by Gasteiger charge is 2.10. The Morgan fingerprint density at radius 2 is 2.29 bits per heavy atom. The van der Waals surface area contributed by atoms with Crippen molar-refractivity contribution in [1.82, 2.24) is 14.9 Å². The number of thiazole rings is 1. The van der Waals surface area contributed by atoms with Crippen LogP contribution in [0.15, 0.2) is 29.9 Å². The first-order chi connectivity index (χ1) is 10.2. The van der Waals surface area contributed by atoms with Crippen molar-refractivity contribution in [3.63, 3.8) is 0 Å². The molecule has 1 amide bonds. The Labute approximate surface area is 129 Å².